The summed E-state index contributed by atoms with van der Waals surface area (Å²) in [6.45, 7) is 9.92. The number of H-pyrrole nitrogens is 1. The van der Waals surface area contributed by atoms with Crippen molar-refractivity contribution in [3.05, 3.63) is 22.4 Å². The van der Waals surface area contributed by atoms with Crippen molar-refractivity contribution in [1.82, 2.24) is 29.5 Å². The smallest absolute Gasteiger partial charge is 0.278 e. The van der Waals surface area contributed by atoms with Crippen LogP contribution in [0.1, 0.15) is 46.2 Å². The van der Waals surface area contributed by atoms with Crippen molar-refractivity contribution in [3.63, 3.8) is 0 Å². The van der Waals surface area contributed by atoms with E-state index >= 15 is 0 Å². The van der Waals surface area contributed by atoms with E-state index in [1.807, 2.05) is 41.7 Å². The fourth-order valence-corrected chi connectivity index (χ4v) is 2.25. The first kappa shape index (κ1) is 22.5. The zero-order chi connectivity index (χ0) is 21.4. The van der Waals surface area contributed by atoms with Crippen molar-refractivity contribution in [3.8, 4) is 0 Å². The van der Waals surface area contributed by atoms with E-state index in [0.717, 1.165) is 0 Å². The molecule has 0 bridgehead atoms. The normalized spacial score (nSPS) is 13.4. The molecule has 1 aliphatic rings. The van der Waals surface area contributed by atoms with Gasteiger partial charge in [0.15, 0.2) is 11.5 Å². The van der Waals surface area contributed by atoms with Crippen LogP contribution in [0.3, 0.4) is 0 Å². The minimum Gasteiger partial charge on any atom is -0.382 e. The van der Waals surface area contributed by atoms with E-state index in [9.17, 15) is 4.79 Å². The van der Waals surface area contributed by atoms with Crippen LogP contribution in [0.25, 0.3) is 11.2 Å². The molecule has 0 radical (unpaired) electrons. The molecule has 0 fully saturated rings. The number of aryl methyl sites for hydroxylation is 1. The van der Waals surface area contributed by atoms with E-state index in [0.29, 0.717) is 28.4 Å². The third-order valence-corrected chi connectivity index (χ3v) is 3.40. The van der Waals surface area contributed by atoms with Gasteiger partial charge in [0.2, 0.25) is 11.9 Å². The first-order valence-corrected chi connectivity index (χ1v) is 9.00. The van der Waals surface area contributed by atoms with E-state index < -0.39 is 0 Å². The summed E-state index contributed by atoms with van der Waals surface area (Å²) < 4.78 is 1.74. The number of rotatable bonds is 0. The van der Waals surface area contributed by atoms with Gasteiger partial charge in [-0.3, -0.25) is 14.8 Å². The van der Waals surface area contributed by atoms with Gasteiger partial charge in [-0.25, -0.2) is 9.97 Å². The molecular formula is C17H28N10O. The SMILES string of the molecule is CC.CC.CC1C=Nc2c1nc(N)[nH]c2=O.Cn1cnc2c(N)nc(N)nc21. The highest BCUT2D eigenvalue weighted by Crippen LogP contribution is 2.25. The average Bonchev–Trinajstić information content (AvgIpc) is 3.23. The highest BCUT2D eigenvalue weighted by atomic mass is 16.1. The lowest BCUT2D eigenvalue weighted by Crippen LogP contribution is -2.12. The number of nitrogens with two attached hydrogens (primary N) is 3. The molecule has 0 saturated carbocycles. The highest BCUT2D eigenvalue weighted by molar-refractivity contribution is 5.82. The topological polar surface area (TPSA) is 180 Å². The second-order valence-electron chi connectivity index (χ2n) is 5.25. The number of aromatic nitrogens is 6. The molecular weight excluding hydrogens is 360 g/mol. The number of fused-ring (bicyclic) bond motifs is 2. The van der Waals surface area contributed by atoms with Gasteiger partial charge in [0.25, 0.3) is 5.56 Å². The minimum absolute atomic E-state index is 0.0876. The van der Waals surface area contributed by atoms with Gasteiger partial charge in [0.05, 0.1) is 12.0 Å². The van der Waals surface area contributed by atoms with Gasteiger partial charge < -0.3 is 21.8 Å². The summed E-state index contributed by atoms with van der Waals surface area (Å²) in [7, 11) is 1.82. The van der Waals surface area contributed by atoms with Crippen molar-refractivity contribution < 1.29 is 0 Å². The van der Waals surface area contributed by atoms with E-state index in [1.165, 1.54) is 0 Å². The molecule has 0 saturated heterocycles. The standard InChI is InChI=1S/C7H8N4O.C6H8N6.2C2H6/c1-3-2-9-5-4(3)10-7(8)11-6(5)12;1-12-2-9-3-4(7)10-6(8)11-5(3)12;2*1-2/h2-3H,1H3,(H3,8,10,11,12);2H,1H3,(H4,7,8,10,11);2*1-2H3. The number of nitrogens with zero attached hydrogens (tertiary/aromatic N) is 6. The first-order chi connectivity index (χ1) is 13.4. The fraction of sp³-hybridized carbons (Fsp3) is 0.412. The predicted molar refractivity (Wildman–Crippen MR) is 114 cm³/mol. The van der Waals surface area contributed by atoms with Crippen molar-refractivity contribution in [2.45, 2.75) is 40.5 Å². The largest absolute Gasteiger partial charge is 0.382 e. The zero-order valence-corrected chi connectivity index (χ0v) is 17.1. The molecule has 0 aromatic carbocycles. The quantitative estimate of drug-likeness (QED) is 0.449. The Morgan fingerprint density at radius 2 is 1.71 bits per heavy atom. The maximum atomic E-state index is 11.2. The lowest BCUT2D eigenvalue weighted by Gasteiger charge is -2.00. The Morgan fingerprint density at radius 3 is 2.36 bits per heavy atom. The van der Waals surface area contributed by atoms with Gasteiger partial charge in [-0.2, -0.15) is 9.97 Å². The second-order valence-corrected chi connectivity index (χ2v) is 5.25. The van der Waals surface area contributed by atoms with E-state index in [1.54, 1.807) is 17.1 Å². The van der Waals surface area contributed by atoms with Gasteiger partial charge in [-0.1, -0.05) is 34.6 Å². The van der Waals surface area contributed by atoms with Gasteiger partial charge >= 0.3 is 0 Å². The molecule has 28 heavy (non-hydrogen) atoms. The van der Waals surface area contributed by atoms with Crippen molar-refractivity contribution in [2.75, 3.05) is 17.2 Å². The molecule has 3 aromatic heterocycles. The van der Waals surface area contributed by atoms with Crippen molar-refractivity contribution in [2.24, 2.45) is 12.0 Å². The Hall–Kier alpha value is -3.50. The van der Waals surface area contributed by atoms with Crippen LogP contribution >= 0.6 is 0 Å². The molecule has 3 aromatic rings. The Kier molecular flexibility index (Phi) is 8.05. The molecule has 0 aliphatic carbocycles. The Labute approximate surface area is 163 Å². The Balaban J connectivity index is 0.000000238. The van der Waals surface area contributed by atoms with E-state index in [4.69, 9.17) is 17.2 Å². The molecule has 4 heterocycles. The van der Waals surface area contributed by atoms with Gasteiger partial charge in [-0.15, -0.1) is 0 Å². The lowest BCUT2D eigenvalue weighted by molar-refractivity contribution is 0.930. The van der Waals surface area contributed by atoms with Crippen LogP contribution in [0.15, 0.2) is 16.1 Å². The summed E-state index contributed by atoms with van der Waals surface area (Å²) in [6, 6.07) is 0. The number of nitrogen functional groups attached to an aromatic ring is 3. The molecule has 11 heteroatoms. The van der Waals surface area contributed by atoms with Gasteiger partial charge in [0, 0.05) is 19.2 Å². The van der Waals surface area contributed by atoms with Crippen LogP contribution in [0, 0.1) is 0 Å². The fourth-order valence-electron chi connectivity index (χ4n) is 2.25. The number of aliphatic imine (C=N–C) groups is 1. The van der Waals surface area contributed by atoms with Crippen LogP contribution in [-0.2, 0) is 7.05 Å². The van der Waals surface area contributed by atoms with Gasteiger partial charge in [-0.05, 0) is 0 Å². The predicted octanol–water partition coefficient (Wildman–Crippen LogP) is 1.75. The summed E-state index contributed by atoms with van der Waals surface area (Å²) >= 11 is 0. The number of anilines is 3. The van der Waals surface area contributed by atoms with Crippen molar-refractivity contribution in [1.29, 1.82) is 0 Å². The third-order valence-electron chi connectivity index (χ3n) is 3.40. The van der Waals surface area contributed by atoms with Crippen LogP contribution in [-0.4, -0.2) is 35.7 Å². The summed E-state index contributed by atoms with van der Waals surface area (Å²) in [5.74, 6) is 0.724. The second kappa shape index (κ2) is 10.00. The Morgan fingerprint density at radius 1 is 1.07 bits per heavy atom. The van der Waals surface area contributed by atoms with Crippen LogP contribution in [0.2, 0.25) is 0 Å². The molecule has 0 amide bonds. The maximum Gasteiger partial charge on any atom is 0.278 e. The Bertz CT molecular complexity index is 1010. The lowest BCUT2D eigenvalue weighted by atomic mass is 10.1. The molecule has 1 atom stereocenters. The number of hydrogen-bond donors (Lipinski definition) is 4. The van der Waals surface area contributed by atoms with Crippen LogP contribution < -0.4 is 22.8 Å². The van der Waals surface area contributed by atoms with Gasteiger partial charge in [0.1, 0.15) is 11.2 Å². The number of nitrogens with one attached hydrogen (secondary N) is 1. The minimum atomic E-state index is -0.266. The number of imidazole rings is 1. The molecule has 11 nitrogen and oxygen atoms in total. The van der Waals surface area contributed by atoms with Crippen LogP contribution in [0.4, 0.5) is 23.4 Å². The van der Waals surface area contributed by atoms with Crippen molar-refractivity contribution >= 4 is 40.8 Å². The molecule has 1 unspecified atom stereocenters. The molecule has 152 valence electrons. The molecule has 0 spiro atoms. The summed E-state index contributed by atoms with van der Waals surface area (Å²) in [6.07, 6.45) is 3.31. The first-order valence-electron chi connectivity index (χ1n) is 9.00. The summed E-state index contributed by atoms with van der Waals surface area (Å²) in [4.78, 5) is 33.3. The highest BCUT2D eigenvalue weighted by Gasteiger charge is 2.19. The number of aromatic amines is 1. The molecule has 4 rings (SSSR count). The third kappa shape index (κ3) is 4.81. The molecule has 7 N–H and O–H groups in total. The molecule has 1 aliphatic heterocycles. The zero-order valence-electron chi connectivity index (χ0n) is 17.1. The average molecular weight is 388 g/mol. The number of hydrogen-bond acceptors (Lipinski definition) is 9. The van der Waals surface area contributed by atoms with E-state index in [-0.39, 0.29) is 23.4 Å². The van der Waals surface area contributed by atoms with E-state index in [2.05, 4.69) is 29.9 Å². The van der Waals surface area contributed by atoms with Crippen LogP contribution in [0.5, 0.6) is 0 Å². The maximum absolute atomic E-state index is 11.2. The summed E-state index contributed by atoms with van der Waals surface area (Å²) in [5.41, 5.74) is 18.4. The monoisotopic (exact) mass is 388 g/mol. The summed E-state index contributed by atoms with van der Waals surface area (Å²) in [5, 5.41) is 0.